The predicted molar refractivity (Wildman–Crippen MR) is 147 cm³/mol. The van der Waals surface area contributed by atoms with Gasteiger partial charge in [-0.1, -0.05) is 33.6 Å². The largest absolute Gasteiger partial charge is 0.493 e. The minimum absolute atomic E-state index is 0.0103. The first kappa shape index (κ1) is 29.6. The van der Waals surface area contributed by atoms with E-state index in [4.69, 9.17) is 9.47 Å². The second kappa shape index (κ2) is 14.3. The number of halogens is 1. The molecule has 1 aliphatic heterocycles. The van der Waals surface area contributed by atoms with Crippen LogP contribution in [-0.4, -0.2) is 53.7 Å². The molecule has 1 saturated heterocycles. The van der Waals surface area contributed by atoms with Gasteiger partial charge in [0.05, 0.1) is 25.3 Å². The Morgan fingerprint density at radius 3 is 2.26 bits per heavy atom. The minimum atomic E-state index is -0.698. The SMILES string of the molecule is CCC(=O)c1ccc(Oc2cc(CC(=O)N3CCC(O)(CC(CC)CC)CC3)cc(OCCCF)c2)cc1. The summed E-state index contributed by atoms with van der Waals surface area (Å²) in [5.41, 5.74) is 0.664. The molecule has 2 aromatic carbocycles. The molecule has 0 bridgehead atoms. The molecule has 1 aliphatic rings. The third-order valence-corrected chi connectivity index (χ3v) is 7.45. The van der Waals surface area contributed by atoms with Crippen LogP contribution in [0.4, 0.5) is 4.39 Å². The number of hydrogen-bond donors (Lipinski definition) is 1. The fourth-order valence-electron chi connectivity index (χ4n) is 4.95. The first-order valence-electron chi connectivity index (χ1n) is 13.9. The molecule has 7 heteroatoms. The molecule has 38 heavy (non-hydrogen) atoms. The van der Waals surface area contributed by atoms with Gasteiger partial charge in [0, 0.05) is 37.6 Å². The first-order valence-corrected chi connectivity index (χ1v) is 13.9. The van der Waals surface area contributed by atoms with Crippen LogP contribution in [0.15, 0.2) is 42.5 Å². The average Bonchev–Trinajstić information content (AvgIpc) is 2.92. The lowest BCUT2D eigenvalue weighted by atomic mass is 9.81. The summed E-state index contributed by atoms with van der Waals surface area (Å²) in [7, 11) is 0. The molecular formula is C31H42FNO5. The van der Waals surface area contributed by atoms with E-state index in [2.05, 4.69) is 13.8 Å². The molecule has 208 valence electrons. The smallest absolute Gasteiger partial charge is 0.226 e. The molecule has 0 atom stereocenters. The van der Waals surface area contributed by atoms with Crippen molar-refractivity contribution in [3.8, 4) is 17.2 Å². The third-order valence-electron chi connectivity index (χ3n) is 7.45. The fraction of sp³-hybridized carbons (Fsp3) is 0.548. The Labute approximate surface area is 226 Å². The first-order chi connectivity index (χ1) is 18.3. The van der Waals surface area contributed by atoms with Gasteiger partial charge in [0.15, 0.2) is 5.78 Å². The van der Waals surface area contributed by atoms with Crippen LogP contribution < -0.4 is 9.47 Å². The molecule has 1 fully saturated rings. The molecule has 0 unspecified atom stereocenters. The van der Waals surface area contributed by atoms with Gasteiger partial charge in [-0.15, -0.1) is 0 Å². The zero-order valence-corrected chi connectivity index (χ0v) is 23.0. The van der Waals surface area contributed by atoms with E-state index < -0.39 is 12.3 Å². The van der Waals surface area contributed by atoms with E-state index in [1.807, 2.05) is 11.8 Å². The van der Waals surface area contributed by atoms with Crippen molar-refractivity contribution in [1.82, 2.24) is 4.90 Å². The maximum atomic E-state index is 13.2. The van der Waals surface area contributed by atoms with Crippen molar-refractivity contribution >= 4 is 11.7 Å². The lowest BCUT2D eigenvalue weighted by Gasteiger charge is -2.40. The van der Waals surface area contributed by atoms with Crippen LogP contribution in [0.5, 0.6) is 17.2 Å². The molecule has 1 heterocycles. The van der Waals surface area contributed by atoms with Crippen molar-refractivity contribution in [1.29, 1.82) is 0 Å². The van der Waals surface area contributed by atoms with Gasteiger partial charge in [-0.3, -0.25) is 14.0 Å². The van der Waals surface area contributed by atoms with Gasteiger partial charge in [0.25, 0.3) is 0 Å². The zero-order chi connectivity index (χ0) is 27.5. The summed E-state index contributed by atoms with van der Waals surface area (Å²) in [4.78, 5) is 26.9. The molecule has 0 radical (unpaired) electrons. The molecule has 6 nitrogen and oxygen atoms in total. The number of piperidine rings is 1. The maximum absolute atomic E-state index is 13.2. The number of Topliss-reactive ketones (excluding diaryl/α,β-unsaturated/α-hetero) is 1. The number of likely N-dealkylation sites (tertiary alicyclic amines) is 1. The Balaban J connectivity index is 1.68. The van der Waals surface area contributed by atoms with E-state index in [-0.39, 0.29) is 31.1 Å². The third kappa shape index (κ3) is 8.55. The second-order valence-corrected chi connectivity index (χ2v) is 10.3. The summed E-state index contributed by atoms with van der Waals surface area (Å²) >= 11 is 0. The minimum Gasteiger partial charge on any atom is -0.493 e. The quantitative estimate of drug-likeness (QED) is 0.223. The van der Waals surface area contributed by atoms with Gasteiger partial charge in [-0.05, 0) is 67.1 Å². The van der Waals surface area contributed by atoms with Crippen LogP contribution >= 0.6 is 0 Å². The monoisotopic (exact) mass is 527 g/mol. The molecule has 0 aliphatic carbocycles. The van der Waals surface area contributed by atoms with Crippen molar-refractivity contribution in [3.63, 3.8) is 0 Å². The summed E-state index contributed by atoms with van der Waals surface area (Å²) in [5, 5.41) is 11.1. The number of ketones is 1. The molecule has 2 aromatic rings. The number of carbonyl (C=O) groups is 2. The van der Waals surface area contributed by atoms with Gasteiger partial charge in [-0.2, -0.15) is 0 Å². The lowest BCUT2D eigenvalue weighted by molar-refractivity contribution is -0.135. The predicted octanol–water partition coefficient (Wildman–Crippen LogP) is 6.53. The average molecular weight is 528 g/mol. The van der Waals surface area contributed by atoms with Gasteiger partial charge in [-0.25, -0.2) is 0 Å². The van der Waals surface area contributed by atoms with Crippen molar-refractivity contribution in [2.45, 2.75) is 77.7 Å². The number of amides is 1. The summed E-state index contributed by atoms with van der Waals surface area (Å²) in [6.07, 6.45) is 4.95. The van der Waals surface area contributed by atoms with E-state index >= 15 is 0 Å². The van der Waals surface area contributed by atoms with Crippen molar-refractivity contribution in [2.75, 3.05) is 26.4 Å². The highest BCUT2D eigenvalue weighted by Crippen LogP contribution is 2.32. The zero-order valence-electron chi connectivity index (χ0n) is 23.0. The molecule has 1 N–H and O–H groups in total. The number of ether oxygens (including phenoxy) is 2. The van der Waals surface area contributed by atoms with Crippen molar-refractivity contribution in [3.05, 3.63) is 53.6 Å². The Bertz CT molecular complexity index is 1040. The fourth-order valence-corrected chi connectivity index (χ4v) is 4.95. The molecular weight excluding hydrogens is 485 g/mol. The number of benzene rings is 2. The lowest BCUT2D eigenvalue weighted by Crippen LogP contribution is -2.47. The normalized spacial score (nSPS) is 14.9. The van der Waals surface area contributed by atoms with Gasteiger partial charge in [0.2, 0.25) is 5.91 Å². The summed E-state index contributed by atoms with van der Waals surface area (Å²) < 4.78 is 24.3. The standard InChI is InChI=1S/C31H42FNO5/c1-4-23(5-2)22-31(36)12-15-33(16-13-31)30(35)20-24-18-27(37-17-7-14-32)21-28(19-24)38-26-10-8-25(9-11-26)29(34)6-3/h8-11,18-19,21,23,36H,4-7,12-17,20,22H2,1-3H3. The van der Waals surface area contributed by atoms with Crippen LogP contribution in [0, 0.1) is 5.92 Å². The number of rotatable bonds is 14. The highest BCUT2D eigenvalue weighted by atomic mass is 19.1. The van der Waals surface area contributed by atoms with Crippen molar-refractivity contribution < 1.29 is 28.6 Å². The second-order valence-electron chi connectivity index (χ2n) is 10.3. The Hall–Kier alpha value is -2.93. The Morgan fingerprint density at radius 1 is 1.00 bits per heavy atom. The number of nitrogens with zero attached hydrogens (tertiary/aromatic N) is 1. The van der Waals surface area contributed by atoms with E-state index in [0.29, 0.717) is 61.1 Å². The van der Waals surface area contributed by atoms with Crippen LogP contribution in [-0.2, 0) is 11.2 Å². The molecule has 1 amide bonds. The van der Waals surface area contributed by atoms with Crippen LogP contribution in [0.1, 0.15) is 81.6 Å². The van der Waals surface area contributed by atoms with E-state index in [1.165, 1.54) is 0 Å². The molecule has 0 aromatic heterocycles. The highest BCUT2D eigenvalue weighted by molar-refractivity contribution is 5.95. The number of aliphatic hydroxyl groups is 1. The maximum Gasteiger partial charge on any atom is 0.226 e. The van der Waals surface area contributed by atoms with Gasteiger partial charge in [0.1, 0.15) is 17.2 Å². The molecule has 3 rings (SSSR count). The molecule has 0 spiro atoms. The number of alkyl halides is 1. The van der Waals surface area contributed by atoms with E-state index in [0.717, 1.165) is 24.8 Å². The molecule has 0 saturated carbocycles. The van der Waals surface area contributed by atoms with E-state index in [1.54, 1.807) is 42.5 Å². The van der Waals surface area contributed by atoms with Crippen molar-refractivity contribution in [2.24, 2.45) is 5.92 Å². The van der Waals surface area contributed by atoms with Gasteiger partial charge >= 0.3 is 0 Å². The van der Waals surface area contributed by atoms with Crippen LogP contribution in [0.25, 0.3) is 0 Å². The van der Waals surface area contributed by atoms with Gasteiger partial charge < -0.3 is 19.5 Å². The summed E-state index contributed by atoms with van der Waals surface area (Å²) in [6.45, 7) is 6.97. The Kier molecular flexibility index (Phi) is 11.1. The van der Waals surface area contributed by atoms with Crippen LogP contribution in [0.3, 0.4) is 0 Å². The van der Waals surface area contributed by atoms with E-state index in [9.17, 15) is 19.1 Å². The summed E-state index contributed by atoms with van der Waals surface area (Å²) in [6, 6.07) is 12.2. The van der Waals surface area contributed by atoms with Crippen LogP contribution in [0.2, 0.25) is 0 Å². The number of hydrogen-bond acceptors (Lipinski definition) is 5. The highest BCUT2D eigenvalue weighted by Gasteiger charge is 2.35. The Morgan fingerprint density at radius 2 is 1.66 bits per heavy atom. The topological polar surface area (TPSA) is 76.1 Å². The number of carbonyl (C=O) groups excluding carboxylic acids is 2. The summed E-state index contributed by atoms with van der Waals surface area (Å²) in [5.74, 6) is 2.12.